The molecule has 3 aliphatic rings. The summed E-state index contributed by atoms with van der Waals surface area (Å²) in [6.45, 7) is 1.88. The first-order chi connectivity index (χ1) is 14.1. The summed E-state index contributed by atoms with van der Waals surface area (Å²) in [5, 5.41) is 15.5. The number of rotatable bonds is 3. The Kier molecular flexibility index (Phi) is 4.24. The van der Waals surface area contributed by atoms with Crippen LogP contribution in [0, 0.1) is 16.7 Å². The third kappa shape index (κ3) is 2.10. The van der Waals surface area contributed by atoms with E-state index in [-0.39, 0.29) is 18.6 Å². The van der Waals surface area contributed by atoms with E-state index in [2.05, 4.69) is 16.3 Å². The van der Waals surface area contributed by atoms with Gasteiger partial charge in [-0.1, -0.05) is 24.3 Å². The Morgan fingerprint density at radius 3 is 2.93 bits per heavy atom. The van der Waals surface area contributed by atoms with Crippen molar-refractivity contribution in [3.63, 3.8) is 0 Å². The number of nitrogens with zero attached hydrogens (tertiary/aromatic N) is 2. The smallest absolute Gasteiger partial charge is 0.330 e. The van der Waals surface area contributed by atoms with E-state index in [0.717, 1.165) is 10.6 Å². The number of thiophene rings is 1. The van der Waals surface area contributed by atoms with Crippen LogP contribution < -0.4 is 5.32 Å². The van der Waals surface area contributed by atoms with Gasteiger partial charge in [0, 0.05) is 39.7 Å². The lowest BCUT2D eigenvalue weighted by molar-refractivity contribution is -0.161. The van der Waals surface area contributed by atoms with Gasteiger partial charge in [-0.05, 0) is 24.4 Å². The van der Waals surface area contributed by atoms with Crippen molar-refractivity contribution in [1.29, 1.82) is 5.26 Å². The molecule has 148 valence electrons. The average Bonchev–Trinajstić information content (AvgIpc) is 3.48. The van der Waals surface area contributed by atoms with E-state index >= 15 is 0 Å². The molecular weight excluding hydrogens is 406 g/mol. The fourth-order valence-corrected chi connectivity index (χ4v) is 7.58. The first-order valence-electron chi connectivity index (χ1n) is 9.50. The number of benzene rings is 1. The quantitative estimate of drug-likeness (QED) is 0.761. The van der Waals surface area contributed by atoms with E-state index in [1.165, 1.54) is 11.3 Å². The van der Waals surface area contributed by atoms with Crippen LogP contribution in [0.2, 0.25) is 0 Å². The average molecular weight is 426 g/mol. The van der Waals surface area contributed by atoms with E-state index in [0.29, 0.717) is 17.1 Å². The van der Waals surface area contributed by atoms with Crippen molar-refractivity contribution < 1.29 is 14.3 Å². The monoisotopic (exact) mass is 425 g/mol. The minimum atomic E-state index is -1.67. The number of fused-ring (bicyclic) bond motifs is 4. The van der Waals surface area contributed by atoms with Crippen molar-refractivity contribution >= 4 is 40.7 Å². The van der Waals surface area contributed by atoms with Crippen LogP contribution in [0.4, 0.5) is 5.69 Å². The summed E-state index contributed by atoms with van der Waals surface area (Å²) in [5.74, 6) is -0.0508. The number of carbonyl (C=O) groups excluding carboxylic acids is 2. The number of carbonyl (C=O) groups is 2. The van der Waals surface area contributed by atoms with Crippen LogP contribution in [0.25, 0.3) is 0 Å². The standard InChI is InChI=1S/C21H19N3O3S2/c1-2-27-19(26)20(11-22)17(16-8-5-9-29-16)15-10-28-12-24(15)21(20)13-6-3-4-7-14(13)23-18(21)25/h3-9,15,17H,2,10,12H2,1H3,(H,23,25)/t15?,17-,20+,21+/m1/s1. The Morgan fingerprint density at radius 1 is 1.38 bits per heavy atom. The van der Waals surface area contributed by atoms with Gasteiger partial charge in [0.1, 0.15) is 0 Å². The zero-order valence-electron chi connectivity index (χ0n) is 15.8. The summed E-state index contributed by atoms with van der Waals surface area (Å²) < 4.78 is 5.49. The number of hydrogen-bond acceptors (Lipinski definition) is 7. The largest absolute Gasteiger partial charge is 0.465 e. The summed E-state index contributed by atoms with van der Waals surface area (Å²) in [6, 6.07) is 13.5. The lowest BCUT2D eigenvalue weighted by atomic mass is 9.62. The second-order valence-corrected chi connectivity index (χ2v) is 9.36. The molecule has 2 saturated heterocycles. The molecule has 1 amide bonds. The van der Waals surface area contributed by atoms with Crippen molar-refractivity contribution in [2.45, 2.75) is 24.4 Å². The van der Waals surface area contributed by atoms with E-state index in [4.69, 9.17) is 4.74 Å². The van der Waals surface area contributed by atoms with Crippen molar-refractivity contribution in [3.8, 4) is 6.07 Å². The van der Waals surface area contributed by atoms with Crippen molar-refractivity contribution in [3.05, 3.63) is 52.2 Å². The molecule has 1 spiro atoms. The Hall–Kier alpha value is -2.34. The molecule has 0 bridgehead atoms. The number of anilines is 1. The normalized spacial score (nSPS) is 32.6. The van der Waals surface area contributed by atoms with E-state index in [9.17, 15) is 14.9 Å². The highest BCUT2D eigenvalue weighted by Crippen LogP contribution is 2.67. The van der Waals surface area contributed by atoms with Gasteiger partial charge >= 0.3 is 5.97 Å². The predicted molar refractivity (Wildman–Crippen MR) is 111 cm³/mol. The van der Waals surface area contributed by atoms with Crippen LogP contribution in [-0.4, -0.2) is 41.1 Å². The van der Waals surface area contributed by atoms with Crippen LogP contribution in [0.5, 0.6) is 0 Å². The summed E-state index contributed by atoms with van der Waals surface area (Å²) in [4.78, 5) is 30.3. The van der Waals surface area contributed by atoms with E-state index in [1.807, 2.05) is 41.8 Å². The van der Waals surface area contributed by atoms with Gasteiger partial charge in [-0.2, -0.15) is 5.26 Å². The molecule has 2 aromatic rings. The maximum Gasteiger partial charge on any atom is 0.330 e. The first kappa shape index (κ1) is 18.7. The molecule has 1 aromatic heterocycles. The van der Waals surface area contributed by atoms with Gasteiger partial charge in [0.25, 0.3) is 5.91 Å². The fourth-order valence-electron chi connectivity index (χ4n) is 5.33. The zero-order chi connectivity index (χ0) is 20.2. The van der Waals surface area contributed by atoms with Crippen LogP contribution in [0.1, 0.15) is 23.3 Å². The van der Waals surface area contributed by atoms with Gasteiger partial charge in [-0.15, -0.1) is 23.1 Å². The highest BCUT2D eigenvalue weighted by atomic mass is 32.2. The molecule has 29 heavy (non-hydrogen) atoms. The molecule has 0 radical (unpaired) electrons. The predicted octanol–water partition coefficient (Wildman–Crippen LogP) is 3.14. The number of thioether (sulfide) groups is 1. The Morgan fingerprint density at radius 2 is 2.21 bits per heavy atom. The molecule has 4 atom stereocenters. The van der Waals surface area contributed by atoms with Crippen LogP contribution >= 0.6 is 23.1 Å². The third-order valence-corrected chi connectivity index (χ3v) is 8.28. The summed E-state index contributed by atoms with van der Waals surface area (Å²) in [7, 11) is 0. The second-order valence-electron chi connectivity index (χ2n) is 7.38. The van der Waals surface area contributed by atoms with Gasteiger partial charge in [-0.3, -0.25) is 14.5 Å². The molecule has 2 fully saturated rings. The number of hydrogen-bond donors (Lipinski definition) is 1. The van der Waals surface area contributed by atoms with E-state index < -0.39 is 22.8 Å². The molecule has 3 aliphatic heterocycles. The first-order valence-corrected chi connectivity index (χ1v) is 11.5. The Bertz CT molecular complexity index is 1030. The van der Waals surface area contributed by atoms with Gasteiger partial charge < -0.3 is 10.1 Å². The fraction of sp³-hybridized carbons (Fsp3) is 0.381. The Balaban J connectivity index is 1.87. The molecule has 8 heteroatoms. The van der Waals surface area contributed by atoms with Gasteiger partial charge in [0.15, 0.2) is 11.0 Å². The molecule has 6 nitrogen and oxygen atoms in total. The van der Waals surface area contributed by atoms with Crippen LogP contribution in [0.15, 0.2) is 41.8 Å². The highest BCUT2D eigenvalue weighted by molar-refractivity contribution is 7.99. The van der Waals surface area contributed by atoms with Gasteiger partial charge in [0.2, 0.25) is 0 Å². The molecule has 4 heterocycles. The van der Waals surface area contributed by atoms with Crippen molar-refractivity contribution in [1.82, 2.24) is 4.90 Å². The second kappa shape index (κ2) is 6.59. The number of nitriles is 1. The maximum atomic E-state index is 13.7. The number of para-hydroxylation sites is 1. The lowest BCUT2D eigenvalue weighted by Gasteiger charge is -2.40. The van der Waals surface area contributed by atoms with E-state index in [1.54, 1.807) is 18.7 Å². The minimum absolute atomic E-state index is 0.111. The molecule has 1 N–H and O–H groups in total. The van der Waals surface area contributed by atoms with Crippen LogP contribution in [-0.2, 0) is 19.9 Å². The minimum Gasteiger partial charge on any atom is -0.465 e. The van der Waals surface area contributed by atoms with Crippen LogP contribution in [0.3, 0.4) is 0 Å². The molecule has 1 unspecified atom stereocenters. The van der Waals surface area contributed by atoms with Gasteiger partial charge in [0.05, 0.1) is 12.7 Å². The Labute approximate surface area is 176 Å². The molecule has 5 rings (SSSR count). The SMILES string of the molecule is CCOC(=O)[C@]1(C#N)[C@@H](c2cccs2)C2CSCN2[C@@]12C(=O)Nc1ccccc12. The maximum absolute atomic E-state index is 13.7. The van der Waals surface area contributed by atoms with Crippen molar-refractivity contribution in [2.75, 3.05) is 23.6 Å². The van der Waals surface area contributed by atoms with Gasteiger partial charge in [-0.25, -0.2) is 0 Å². The highest BCUT2D eigenvalue weighted by Gasteiger charge is 2.80. The number of ether oxygens (including phenoxy) is 1. The third-order valence-electron chi connectivity index (χ3n) is 6.29. The number of esters is 1. The number of amides is 1. The molecule has 0 saturated carbocycles. The topological polar surface area (TPSA) is 82.4 Å². The molecule has 0 aliphatic carbocycles. The molecular formula is C21H19N3O3S2. The molecule has 1 aromatic carbocycles. The summed E-state index contributed by atoms with van der Waals surface area (Å²) >= 11 is 3.25. The zero-order valence-corrected chi connectivity index (χ0v) is 17.4. The summed E-state index contributed by atoms with van der Waals surface area (Å²) in [6.07, 6.45) is 0. The van der Waals surface area contributed by atoms with Crippen molar-refractivity contribution in [2.24, 2.45) is 5.41 Å². The number of nitrogens with one attached hydrogen (secondary N) is 1. The lowest BCUT2D eigenvalue weighted by Crippen LogP contribution is -2.59. The summed E-state index contributed by atoms with van der Waals surface area (Å²) in [5.41, 5.74) is -1.74.